The lowest BCUT2D eigenvalue weighted by molar-refractivity contribution is 0.556. The van der Waals surface area contributed by atoms with Crippen LogP contribution in [0.15, 0.2) is 75.6 Å². The third-order valence-corrected chi connectivity index (χ3v) is 7.86. The second-order valence-corrected chi connectivity index (χ2v) is 10.4. The topological polar surface area (TPSA) is 26.3 Å². The van der Waals surface area contributed by atoms with Crippen molar-refractivity contribution >= 4 is 54.6 Å². The first-order chi connectivity index (χ1) is 17.8. The van der Waals surface area contributed by atoms with E-state index in [0.717, 1.165) is 50.3 Å². The van der Waals surface area contributed by atoms with Crippen molar-refractivity contribution in [2.45, 2.75) is 77.6 Å². The Bertz CT molecular complexity index is 1630. The lowest BCUT2D eigenvalue weighted by Gasteiger charge is -2.03. The minimum absolute atomic E-state index is 0.932. The van der Waals surface area contributed by atoms with E-state index in [1.165, 1.54) is 80.5 Å². The highest BCUT2D eigenvalue weighted by atomic mass is 16.3. The minimum Gasteiger partial charge on any atom is -0.455 e. The molecular formula is C34H36O2. The number of hydrogen-bond donors (Lipinski definition) is 0. The van der Waals surface area contributed by atoms with Crippen LogP contribution in [0, 0.1) is 0 Å². The van der Waals surface area contributed by atoms with E-state index in [2.05, 4.69) is 61.5 Å². The molecule has 36 heavy (non-hydrogen) atoms. The molecule has 2 heteroatoms. The molecule has 2 nitrogen and oxygen atoms in total. The normalized spacial score (nSPS) is 12.1. The summed E-state index contributed by atoms with van der Waals surface area (Å²) >= 11 is 0. The summed E-state index contributed by atoms with van der Waals surface area (Å²) in [4.78, 5) is 0. The third kappa shape index (κ3) is 4.39. The molecule has 0 N–H and O–H groups in total. The van der Waals surface area contributed by atoms with Gasteiger partial charge in [-0.15, -0.1) is 0 Å². The van der Waals surface area contributed by atoms with Gasteiger partial charge in [0, 0.05) is 32.3 Å². The number of furan rings is 2. The predicted octanol–water partition coefficient (Wildman–Crippen LogP) is 11.1. The molecule has 184 valence electrons. The van der Waals surface area contributed by atoms with Crippen LogP contribution in [0.4, 0.5) is 0 Å². The summed E-state index contributed by atoms with van der Waals surface area (Å²) in [5.74, 6) is 0. The molecule has 0 saturated carbocycles. The molecule has 0 aliphatic carbocycles. The molecule has 0 aliphatic rings. The number of rotatable bonds is 11. The van der Waals surface area contributed by atoms with E-state index < -0.39 is 0 Å². The van der Waals surface area contributed by atoms with Crippen molar-refractivity contribution in [3.05, 3.63) is 72.3 Å². The summed E-state index contributed by atoms with van der Waals surface area (Å²) in [6.07, 6.45) is 14.9. The van der Waals surface area contributed by atoms with Gasteiger partial charge in [0.1, 0.15) is 22.3 Å². The van der Waals surface area contributed by atoms with Crippen molar-refractivity contribution in [2.24, 2.45) is 0 Å². The zero-order valence-electron chi connectivity index (χ0n) is 21.4. The average molecular weight is 477 g/mol. The number of benzene rings is 4. The Morgan fingerprint density at radius 3 is 1.67 bits per heavy atom. The summed E-state index contributed by atoms with van der Waals surface area (Å²) in [6, 6.07) is 23.8. The number of para-hydroxylation sites is 1. The Morgan fingerprint density at radius 2 is 1.00 bits per heavy atom. The largest absolute Gasteiger partial charge is 0.455 e. The van der Waals surface area contributed by atoms with Crippen LogP contribution in [0.2, 0.25) is 0 Å². The first kappa shape index (κ1) is 23.2. The van der Waals surface area contributed by atoms with Crippen molar-refractivity contribution < 1.29 is 8.83 Å². The molecule has 6 aromatic rings. The number of hydrogen-bond acceptors (Lipinski definition) is 2. The highest BCUT2D eigenvalue weighted by molar-refractivity contribution is 6.22. The van der Waals surface area contributed by atoms with Crippen LogP contribution in [-0.4, -0.2) is 0 Å². The molecule has 0 aliphatic heterocycles. The summed E-state index contributed by atoms with van der Waals surface area (Å²) in [7, 11) is 0. The van der Waals surface area contributed by atoms with Gasteiger partial charge in [0.25, 0.3) is 0 Å². The molecule has 0 bridgehead atoms. The van der Waals surface area contributed by atoms with Crippen LogP contribution in [0.25, 0.3) is 54.6 Å². The maximum atomic E-state index is 6.41. The second-order valence-electron chi connectivity index (χ2n) is 10.4. The standard InChI is InChI=1S/C34H36O2/c1-2-3-4-5-6-7-8-9-10-11-14-24-17-22-32-30(23-24)29-21-20-27-28(34(29)36-32)19-18-26-25-15-12-13-16-31(25)35-33(26)27/h12-13,15-23H,2-11,14H2,1H3. The van der Waals surface area contributed by atoms with Gasteiger partial charge in [-0.25, -0.2) is 0 Å². The third-order valence-electron chi connectivity index (χ3n) is 7.86. The van der Waals surface area contributed by atoms with Gasteiger partial charge in [0.2, 0.25) is 0 Å². The van der Waals surface area contributed by atoms with Crippen LogP contribution < -0.4 is 0 Å². The highest BCUT2D eigenvalue weighted by Crippen LogP contribution is 2.39. The Hall–Kier alpha value is -3.26. The molecule has 0 unspecified atom stereocenters. The zero-order chi connectivity index (χ0) is 24.3. The Balaban J connectivity index is 1.18. The quantitative estimate of drug-likeness (QED) is 0.174. The summed E-state index contributed by atoms with van der Waals surface area (Å²) in [5.41, 5.74) is 5.21. The minimum atomic E-state index is 0.932. The van der Waals surface area contributed by atoms with Gasteiger partial charge >= 0.3 is 0 Å². The van der Waals surface area contributed by atoms with Crippen LogP contribution in [0.3, 0.4) is 0 Å². The van der Waals surface area contributed by atoms with Crippen LogP contribution in [0.1, 0.15) is 76.7 Å². The second kappa shape index (κ2) is 10.4. The first-order valence-electron chi connectivity index (χ1n) is 14.0. The Kier molecular flexibility index (Phi) is 6.68. The molecule has 2 aromatic heterocycles. The fraction of sp³-hybridized carbons (Fsp3) is 0.353. The highest BCUT2D eigenvalue weighted by Gasteiger charge is 2.15. The van der Waals surface area contributed by atoms with E-state index in [-0.39, 0.29) is 0 Å². The summed E-state index contributed by atoms with van der Waals surface area (Å²) in [6.45, 7) is 2.29. The summed E-state index contributed by atoms with van der Waals surface area (Å²) < 4.78 is 12.7. The molecular weight excluding hydrogens is 440 g/mol. The van der Waals surface area contributed by atoms with E-state index in [1.54, 1.807) is 0 Å². The van der Waals surface area contributed by atoms with E-state index >= 15 is 0 Å². The van der Waals surface area contributed by atoms with Gasteiger partial charge in [-0.05, 0) is 60.9 Å². The molecule has 6 rings (SSSR count). The lowest BCUT2D eigenvalue weighted by atomic mass is 10.0. The van der Waals surface area contributed by atoms with Gasteiger partial charge in [-0.1, -0.05) is 89.0 Å². The average Bonchev–Trinajstić information content (AvgIpc) is 3.48. The molecule has 2 heterocycles. The maximum absolute atomic E-state index is 6.41. The molecule has 0 amide bonds. The van der Waals surface area contributed by atoms with Crippen LogP contribution >= 0.6 is 0 Å². The van der Waals surface area contributed by atoms with Crippen molar-refractivity contribution in [2.75, 3.05) is 0 Å². The molecule has 0 radical (unpaired) electrons. The monoisotopic (exact) mass is 476 g/mol. The molecule has 0 fully saturated rings. The molecule has 4 aromatic carbocycles. The van der Waals surface area contributed by atoms with Gasteiger partial charge in [-0.3, -0.25) is 0 Å². The van der Waals surface area contributed by atoms with Gasteiger partial charge in [-0.2, -0.15) is 0 Å². The number of unbranched alkanes of at least 4 members (excludes halogenated alkanes) is 9. The molecule has 0 spiro atoms. The fourth-order valence-electron chi connectivity index (χ4n) is 5.84. The SMILES string of the molecule is CCCCCCCCCCCCc1ccc2oc3c(ccc4c3ccc3c5ccccc5oc34)c2c1. The van der Waals surface area contributed by atoms with Gasteiger partial charge in [0.05, 0.1) is 0 Å². The number of aryl methyl sites for hydroxylation is 1. The van der Waals surface area contributed by atoms with Crippen LogP contribution in [-0.2, 0) is 6.42 Å². The number of fused-ring (bicyclic) bond motifs is 9. The van der Waals surface area contributed by atoms with Crippen molar-refractivity contribution in [3.8, 4) is 0 Å². The fourth-order valence-corrected chi connectivity index (χ4v) is 5.84. The van der Waals surface area contributed by atoms with Crippen LogP contribution in [0.5, 0.6) is 0 Å². The van der Waals surface area contributed by atoms with E-state index in [9.17, 15) is 0 Å². The van der Waals surface area contributed by atoms with E-state index in [1.807, 2.05) is 12.1 Å². The van der Waals surface area contributed by atoms with Crippen molar-refractivity contribution in [3.63, 3.8) is 0 Å². The molecule has 0 saturated heterocycles. The Morgan fingerprint density at radius 1 is 0.472 bits per heavy atom. The van der Waals surface area contributed by atoms with E-state index in [4.69, 9.17) is 8.83 Å². The zero-order valence-corrected chi connectivity index (χ0v) is 21.4. The molecule has 0 atom stereocenters. The first-order valence-corrected chi connectivity index (χ1v) is 14.0. The predicted molar refractivity (Wildman–Crippen MR) is 154 cm³/mol. The van der Waals surface area contributed by atoms with Crippen molar-refractivity contribution in [1.82, 2.24) is 0 Å². The maximum Gasteiger partial charge on any atom is 0.143 e. The van der Waals surface area contributed by atoms with Crippen molar-refractivity contribution in [1.29, 1.82) is 0 Å². The smallest absolute Gasteiger partial charge is 0.143 e. The Labute approximate surface area is 213 Å². The lowest BCUT2D eigenvalue weighted by Crippen LogP contribution is -1.86. The van der Waals surface area contributed by atoms with Gasteiger partial charge < -0.3 is 8.83 Å². The van der Waals surface area contributed by atoms with E-state index in [0.29, 0.717) is 0 Å². The van der Waals surface area contributed by atoms with Gasteiger partial charge in [0.15, 0.2) is 0 Å². The summed E-state index contributed by atoms with van der Waals surface area (Å²) in [5, 5.41) is 6.97.